The summed E-state index contributed by atoms with van der Waals surface area (Å²) in [7, 11) is 0. The smallest absolute Gasteiger partial charge is 0.169 e. The van der Waals surface area contributed by atoms with Crippen LogP contribution in [0.25, 0.3) is 22.3 Å². The molecule has 4 heteroatoms. The van der Waals surface area contributed by atoms with Crippen LogP contribution in [-0.4, -0.2) is 16.3 Å². The summed E-state index contributed by atoms with van der Waals surface area (Å²) in [4.78, 5) is 20.1. The van der Waals surface area contributed by atoms with Crippen molar-refractivity contribution in [3.8, 4) is 11.4 Å². The van der Waals surface area contributed by atoms with E-state index in [-0.39, 0.29) is 0 Å². The molecule has 3 aromatic rings. The van der Waals surface area contributed by atoms with Gasteiger partial charge in [0.2, 0.25) is 0 Å². The van der Waals surface area contributed by atoms with E-state index in [4.69, 9.17) is 0 Å². The van der Waals surface area contributed by atoms with E-state index in [1.54, 1.807) is 0 Å². The number of benzene rings is 2. The van der Waals surface area contributed by atoms with Crippen LogP contribution in [0.15, 0.2) is 48.5 Å². The van der Waals surface area contributed by atoms with Crippen molar-refractivity contribution in [2.75, 3.05) is 0 Å². The summed E-state index contributed by atoms with van der Waals surface area (Å²) < 4.78 is 1.06. The molecule has 1 heterocycles. The average molecular weight is 360 g/mol. The molecule has 3 nitrogen and oxygen atoms in total. The highest BCUT2D eigenvalue weighted by atomic mass is 127. The van der Waals surface area contributed by atoms with Crippen LogP contribution in [0.1, 0.15) is 10.5 Å². The Bertz CT molecular complexity index is 757. The Morgan fingerprint density at radius 1 is 1.00 bits per heavy atom. The molecular weight excluding hydrogens is 351 g/mol. The molecule has 0 spiro atoms. The van der Waals surface area contributed by atoms with E-state index in [0.29, 0.717) is 11.5 Å². The summed E-state index contributed by atoms with van der Waals surface area (Å²) in [5, 5.41) is 0.793. The molecule has 3 rings (SSSR count). The molecule has 0 atom stereocenters. The Balaban J connectivity index is 2.29. The molecule has 0 amide bonds. The van der Waals surface area contributed by atoms with E-state index < -0.39 is 0 Å². The summed E-state index contributed by atoms with van der Waals surface area (Å²) >= 11 is 2.21. The van der Waals surface area contributed by atoms with E-state index in [9.17, 15) is 4.79 Å². The topological polar surface area (TPSA) is 42.9 Å². The Labute approximate surface area is 123 Å². The normalized spacial score (nSPS) is 10.6. The molecule has 19 heavy (non-hydrogen) atoms. The largest absolute Gasteiger partial charge is 0.296 e. The van der Waals surface area contributed by atoms with E-state index in [0.717, 1.165) is 26.3 Å². The fourth-order valence-electron chi connectivity index (χ4n) is 1.93. The van der Waals surface area contributed by atoms with Crippen molar-refractivity contribution in [3.63, 3.8) is 0 Å². The summed E-state index contributed by atoms with van der Waals surface area (Å²) in [6.07, 6.45) is 0.784. The van der Waals surface area contributed by atoms with Gasteiger partial charge in [-0.05, 0) is 40.8 Å². The monoisotopic (exact) mass is 360 g/mol. The third kappa shape index (κ3) is 2.35. The number of rotatable bonds is 2. The first-order chi connectivity index (χ1) is 9.28. The van der Waals surface area contributed by atoms with E-state index in [1.807, 2.05) is 48.5 Å². The number of halogens is 1. The van der Waals surface area contributed by atoms with E-state index >= 15 is 0 Å². The number of aldehydes is 1. The molecule has 0 saturated carbocycles. The molecule has 0 N–H and O–H groups in total. The Kier molecular flexibility index (Phi) is 3.25. The highest BCUT2D eigenvalue weighted by Gasteiger charge is 2.08. The van der Waals surface area contributed by atoms with E-state index in [1.165, 1.54) is 0 Å². The lowest BCUT2D eigenvalue weighted by Crippen LogP contribution is -1.97. The van der Waals surface area contributed by atoms with Gasteiger partial charge in [0.15, 0.2) is 12.1 Å². The lowest BCUT2D eigenvalue weighted by Gasteiger charge is -2.05. The van der Waals surface area contributed by atoms with Crippen molar-refractivity contribution in [2.24, 2.45) is 0 Å². The van der Waals surface area contributed by atoms with Gasteiger partial charge in [-0.15, -0.1) is 0 Å². The van der Waals surface area contributed by atoms with Crippen LogP contribution in [0, 0.1) is 3.57 Å². The first-order valence-corrected chi connectivity index (χ1v) is 6.84. The number of aromatic nitrogens is 2. The molecule has 0 aliphatic carbocycles. The fraction of sp³-hybridized carbons (Fsp3) is 0. The molecular formula is C15H9IN2O. The average Bonchev–Trinajstić information content (AvgIpc) is 2.47. The van der Waals surface area contributed by atoms with Gasteiger partial charge in [0.05, 0.1) is 5.52 Å². The molecule has 0 bridgehead atoms. The predicted molar refractivity (Wildman–Crippen MR) is 83.1 cm³/mol. The van der Waals surface area contributed by atoms with Gasteiger partial charge in [-0.2, -0.15) is 0 Å². The first-order valence-electron chi connectivity index (χ1n) is 5.76. The van der Waals surface area contributed by atoms with Crippen molar-refractivity contribution in [1.82, 2.24) is 9.97 Å². The van der Waals surface area contributed by atoms with Gasteiger partial charge < -0.3 is 0 Å². The van der Waals surface area contributed by atoms with Crippen LogP contribution in [0.4, 0.5) is 0 Å². The first kappa shape index (κ1) is 12.2. The summed E-state index contributed by atoms with van der Waals surface area (Å²) in [5.74, 6) is 0.580. The number of hydrogen-bond acceptors (Lipinski definition) is 3. The van der Waals surface area contributed by atoms with Crippen LogP contribution in [0.5, 0.6) is 0 Å². The second-order valence-electron chi connectivity index (χ2n) is 4.08. The molecule has 2 aromatic carbocycles. The molecule has 0 aliphatic heterocycles. The zero-order chi connectivity index (χ0) is 13.2. The summed E-state index contributed by atoms with van der Waals surface area (Å²) in [5.41, 5.74) is 2.13. The minimum absolute atomic E-state index is 0.433. The van der Waals surface area contributed by atoms with Crippen LogP contribution in [0.2, 0.25) is 0 Å². The number of nitrogens with zero attached hydrogens (tertiary/aromatic N) is 2. The van der Waals surface area contributed by atoms with Crippen LogP contribution in [-0.2, 0) is 0 Å². The second kappa shape index (κ2) is 5.05. The van der Waals surface area contributed by atoms with Crippen LogP contribution in [0.3, 0.4) is 0 Å². The van der Waals surface area contributed by atoms with Crippen LogP contribution < -0.4 is 0 Å². The maximum atomic E-state index is 11.2. The SMILES string of the molecule is O=Cc1nc(-c2ccccc2)nc2ccc(I)cc12. The van der Waals surface area contributed by atoms with Gasteiger partial charge >= 0.3 is 0 Å². The summed E-state index contributed by atoms with van der Waals surface area (Å²) in [6.45, 7) is 0. The van der Waals surface area contributed by atoms with Gasteiger partial charge in [0, 0.05) is 14.5 Å². The standard InChI is InChI=1S/C15H9IN2O/c16-11-6-7-13-12(8-11)14(9-19)18-15(17-13)10-4-2-1-3-5-10/h1-9H. The lowest BCUT2D eigenvalue weighted by atomic mass is 10.1. The van der Waals surface area contributed by atoms with Crippen molar-refractivity contribution in [1.29, 1.82) is 0 Å². The van der Waals surface area contributed by atoms with Crippen molar-refractivity contribution >= 4 is 39.8 Å². The lowest BCUT2D eigenvalue weighted by molar-refractivity contribution is 0.112. The highest BCUT2D eigenvalue weighted by Crippen LogP contribution is 2.22. The van der Waals surface area contributed by atoms with Gasteiger partial charge in [-0.3, -0.25) is 4.79 Å². The second-order valence-corrected chi connectivity index (χ2v) is 5.32. The molecule has 0 aliphatic rings. The van der Waals surface area contributed by atoms with Crippen molar-refractivity contribution in [2.45, 2.75) is 0 Å². The number of carbonyl (C=O) groups excluding carboxylic acids is 1. The van der Waals surface area contributed by atoms with Crippen molar-refractivity contribution in [3.05, 3.63) is 57.8 Å². The predicted octanol–water partition coefficient (Wildman–Crippen LogP) is 3.71. The maximum absolute atomic E-state index is 11.2. The summed E-state index contributed by atoms with van der Waals surface area (Å²) in [6, 6.07) is 15.5. The molecule has 0 radical (unpaired) electrons. The Hall–Kier alpha value is -1.82. The number of fused-ring (bicyclic) bond motifs is 1. The number of hydrogen-bond donors (Lipinski definition) is 0. The van der Waals surface area contributed by atoms with E-state index in [2.05, 4.69) is 32.6 Å². The van der Waals surface area contributed by atoms with Gasteiger partial charge in [0.1, 0.15) is 5.69 Å². The molecule has 0 saturated heterocycles. The number of carbonyl (C=O) groups is 1. The third-order valence-corrected chi connectivity index (χ3v) is 3.50. The van der Waals surface area contributed by atoms with Crippen molar-refractivity contribution < 1.29 is 4.79 Å². The Morgan fingerprint density at radius 3 is 2.53 bits per heavy atom. The highest BCUT2D eigenvalue weighted by molar-refractivity contribution is 14.1. The molecule has 0 fully saturated rings. The minimum Gasteiger partial charge on any atom is -0.296 e. The van der Waals surface area contributed by atoms with Gasteiger partial charge in [-0.25, -0.2) is 9.97 Å². The maximum Gasteiger partial charge on any atom is 0.169 e. The van der Waals surface area contributed by atoms with Gasteiger partial charge in [0.25, 0.3) is 0 Å². The minimum atomic E-state index is 0.433. The third-order valence-electron chi connectivity index (χ3n) is 2.83. The molecule has 92 valence electrons. The Morgan fingerprint density at radius 2 is 1.79 bits per heavy atom. The molecule has 0 unspecified atom stereocenters. The van der Waals surface area contributed by atoms with Gasteiger partial charge in [-0.1, -0.05) is 30.3 Å². The quantitative estimate of drug-likeness (QED) is 0.517. The zero-order valence-electron chi connectivity index (χ0n) is 9.88. The fourth-order valence-corrected chi connectivity index (χ4v) is 2.42. The van der Waals surface area contributed by atoms with Crippen LogP contribution >= 0.6 is 22.6 Å². The zero-order valence-corrected chi connectivity index (χ0v) is 12.0. The molecule has 1 aromatic heterocycles.